The summed E-state index contributed by atoms with van der Waals surface area (Å²) >= 11 is 0. The third-order valence-corrected chi connectivity index (χ3v) is 8.25. The minimum absolute atomic E-state index is 0.0711. The molecule has 11 nitrogen and oxygen atoms in total. The van der Waals surface area contributed by atoms with Crippen LogP contribution < -0.4 is 10.9 Å². The molecule has 1 aromatic rings. The van der Waals surface area contributed by atoms with Crippen LogP contribution in [0.4, 0.5) is 0 Å². The van der Waals surface area contributed by atoms with E-state index < -0.39 is 40.0 Å². The predicted octanol–water partition coefficient (Wildman–Crippen LogP) is 2.57. The van der Waals surface area contributed by atoms with Crippen LogP contribution in [-0.2, 0) is 33.9 Å². The third kappa shape index (κ3) is 11.8. The van der Waals surface area contributed by atoms with Crippen LogP contribution in [0.3, 0.4) is 0 Å². The number of hydroxylamine groups is 1. The van der Waals surface area contributed by atoms with Crippen molar-refractivity contribution in [3.05, 3.63) is 42.0 Å². The monoisotopic (exact) mass is 594 g/mol. The summed E-state index contributed by atoms with van der Waals surface area (Å²) in [4.78, 5) is 34.9. The van der Waals surface area contributed by atoms with Gasteiger partial charge in [-0.3, -0.25) is 19.9 Å². The molecule has 2 N–H and O–H groups in total. The molecule has 3 rings (SSSR count). The molecule has 1 unspecified atom stereocenters. The number of ether oxygens (including phenoxy) is 2. The number of hydrazine groups is 1. The van der Waals surface area contributed by atoms with Gasteiger partial charge in [0.25, 0.3) is 0 Å². The van der Waals surface area contributed by atoms with Crippen LogP contribution in [0.5, 0.6) is 0 Å². The van der Waals surface area contributed by atoms with Crippen molar-refractivity contribution in [3.63, 3.8) is 0 Å². The second kappa shape index (κ2) is 16.9. The molecule has 0 saturated carbocycles. The predicted molar refractivity (Wildman–Crippen MR) is 156 cm³/mol. The van der Waals surface area contributed by atoms with Gasteiger partial charge in [-0.05, 0) is 37.2 Å². The summed E-state index contributed by atoms with van der Waals surface area (Å²) in [6.07, 6.45) is 7.48. The van der Waals surface area contributed by atoms with Gasteiger partial charge in [0.2, 0.25) is 21.8 Å². The first-order valence-electron chi connectivity index (χ1n) is 14.5. The van der Waals surface area contributed by atoms with Gasteiger partial charge in [0.15, 0.2) is 6.29 Å². The van der Waals surface area contributed by atoms with Crippen molar-refractivity contribution in [2.24, 2.45) is 17.8 Å². The van der Waals surface area contributed by atoms with Crippen molar-refractivity contribution in [1.82, 2.24) is 20.2 Å². The number of morpholine rings is 1. The first-order chi connectivity index (χ1) is 19.6. The highest BCUT2D eigenvalue weighted by Crippen LogP contribution is 2.26. The largest absolute Gasteiger partial charge is 0.379 e. The normalized spacial score (nSPS) is 20.3. The van der Waals surface area contributed by atoms with Crippen molar-refractivity contribution in [2.45, 2.75) is 52.2 Å². The number of hydrogen-bond acceptors (Lipinski definition) is 8. The number of carbonyl (C=O) groups excluding carboxylic acids is 2. The Labute approximate surface area is 244 Å². The van der Waals surface area contributed by atoms with E-state index in [-0.39, 0.29) is 18.9 Å². The van der Waals surface area contributed by atoms with Crippen LogP contribution in [0.15, 0.2) is 36.4 Å². The van der Waals surface area contributed by atoms with Gasteiger partial charge in [-0.2, -0.15) is 0 Å². The van der Waals surface area contributed by atoms with Crippen LogP contribution >= 0.6 is 0 Å². The molecule has 2 saturated heterocycles. The van der Waals surface area contributed by atoms with Crippen molar-refractivity contribution in [1.29, 1.82) is 0 Å². The Morgan fingerprint density at radius 1 is 1.10 bits per heavy atom. The topological polar surface area (TPSA) is 127 Å². The zero-order valence-electron chi connectivity index (χ0n) is 24.5. The number of rotatable bonds is 15. The standard InChI is InChI=1S/C29H46N4O7S/c1-23(2)22-26(28(34)30-33(41(3,36)37)16-15-32-17-20-38-21-18-32)25(13-9-12-24-10-5-4-6-11-24)29(35)31-40-27-14-7-8-19-39-27/h4-6,9-12,23,25-27H,7-8,13-22H2,1-3H3,(H,30,34)(H,31,35)/b12-9+/t25-,26+,27?/m0/s1. The van der Waals surface area contributed by atoms with E-state index in [4.69, 9.17) is 14.3 Å². The van der Waals surface area contributed by atoms with Gasteiger partial charge >= 0.3 is 0 Å². The van der Waals surface area contributed by atoms with Gasteiger partial charge in [0.1, 0.15) is 0 Å². The lowest BCUT2D eigenvalue weighted by Crippen LogP contribution is -2.53. The molecule has 2 aliphatic rings. The maximum atomic E-state index is 13.8. The molecule has 2 amide bonds. The summed E-state index contributed by atoms with van der Waals surface area (Å²) < 4.78 is 37.2. The Hall–Kier alpha value is -2.35. The number of sulfonamides is 1. The lowest BCUT2D eigenvalue weighted by atomic mass is 9.82. The fourth-order valence-electron chi connectivity index (χ4n) is 4.90. The summed E-state index contributed by atoms with van der Waals surface area (Å²) in [5.41, 5.74) is 6.13. The zero-order valence-corrected chi connectivity index (χ0v) is 25.3. The molecule has 0 radical (unpaired) electrons. The molecule has 0 aromatic heterocycles. The van der Waals surface area contributed by atoms with E-state index in [9.17, 15) is 18.0 Å². The van der Waals surface area contributed by atoms with Crippen molar-refractivity contribution < 1.29 is 32.3 Å². The number of nitrogens with zero attached hydrogens (tertiary/aromatic N) is 2. The van der Waals surface area contributed by atoms with E-state index in [0.717, 1.165) is 29.1 Å². The SMILES string of the molecule is CC(C)C[C@@H](C(=O)NN(CCN1CCOCC1)S(C)(=O)=O)[C@H](C/C=C/c1ccccc1)C(=O)NOC1CCCCO1. The first kappa shape index (κ1) is 33.2. The first-order valence-corrected chi connectivity index (χ1v) is 16.4. The molecule has 2 heterocycles. The Balaban J connectivity index is 1.77. The zero-order chi connectivity index (χ0) is 29.7. The van der Waals surface area contributed by atoms with Crippen LogP contribution in [0.2, 0.25) is 0 Å². The molecular weight excluding hydrogens is 548 g/mol. The Bertz CT molecular complexity index is 1070. The molecule has 2 fully saturated rings. The lowest BCUT2D eigenvalue weighted by molar-refractivity contribution is -0.203. The van der Waals surface area contributed by atoms with Crippen molar-refractivity contribution in [3.8, 4) is 0 Å². The van der Waals surface area contributed by atoms with E-state index in [2.05, 4.69) is 15.8 Å². The third-order valence-electron chi connectivity index (χ3n) is 7.17. The Morgan fingerprint density at radius 2 is 1.83 bits per heavy atom. The molecule has 0 spiro atoms. The molecule has 12 heteroatoms. The van der Waals surface area contributed by atoms with Gasteiger partial charge in [-0.25, -0.2) is 18.7 Å². The van der Waals surface area contributed by atoms with Gasteiger partial charge in [-0.1, -0.05) is 56.3 Å². The van der Waals surface area contributed by atoms with Crippen LogP contribution in [0, 0.1) is 17.8 Å². The molecule has 0 bridgehead atoms. The summed E-state index contributed by atoms with van der Waals surface area (Å²) in [5, 5.41) is 0. The number of nitrogens with one attached hydrogen (secondary N) is 2. The maximum Gasteiger partial charge on any atom is 0.247 e. The molecule has 3 atom stereocenters. The number of amides is 2. The van der Waals surface area contributed by atoms with E-state index in [1.165, 1.54) is 0 Å². The van der Waals surface area contributed by atoms with Crippen LogP contribution in [0.1, 0.15) is 51.5 Å². The molecule has 0 aliphatic carbocycles. The molecule has 230 valence electrons. The fourth-order valence-corrected chi connectivity index (χ4v) is 5.57. The van der Waals surface area contributed by atoms with Gasteiger partial charge in [0, 0.05) is 39.2 Å². The number of hydrogen-bond donors (Lipinski definition) is 2. The quantitative estimate of drug-likeness (QED) is 0.297. The molecule has 1 aromatic carbocycles. The van der Waals surface area contributed by atoms with E-state index in [1.807, 2.05) is 56.3 Å². The van der Waals surface area contributed by atoms with Gasteiger partial charge < -0.3 is 9.47 Å². The number of allylic oxidation sites excluding steroid dienone is 1. The fraction of sp³-hybridized carbons (Fsp3) is 0.655. The van der Waals surface area contributed by atoms with E-state index in [0.29, 0.717) is 52.3 Å². The molecule has 41 heavy (non-hydrogen) atoms. The summed E-state index contributed by atoms with van der Waals surface area (Å²) in [7, 11) is -3.76. The second-order valence-corrected chi connectivity index (χ2v) is 12.9. The van der Waals surface area contributed by atoms with Gasteiger partial charge in [-0.15, -0.1) is 4.41 Å². The average molecular weight is 595 g/mol. The average Bonchev–Trinajstić information content (AvgIpc) is 2.96. The molecular formula is C29H46N4O7S. The summed E-state index contributed by atoms with van der Waals surface area (Å²) in [6, 6.07) is 9.67. The van der Waals surface area contributed by atoms with E-state index in [1.54, 1.807) is 0 Å². The second-order valence-electron chi connectivity index (χ2n) is 11.0. The highest BCUT2D eigenvalue weighted by molar-refractivity contribution is 7.88. The summed E-state index contributed by atoms with van der Waals surface area (Å²) in [6.45, 7) is 7.60. The minimum atomic E-state index is -3.76. The number of benzene rings is 1. The lowest BCUT2D eigenvalue weighted by Gasteiger charge is -2.31. The number of carbonyl (C=O) groups is 2. The minimum Gasteiger partial charge on any atom is -0.379 e. The molecule has 2 aliphatic heterocycles. The Kier molecular flexibility index (Phi) is 13.7. The highest BCUT2D eigenvalue weighted by Gasteiger charge is 2.36. The van der Waals surface area contributed by atoms with Crippen molar-refractivity contribution >= 4 is 27.9 Å². The summed E-state index contributed by atoms with van der Waals surface area (Å²) in [5.74, 6) is -2.51. The van der Waals surface area contributed by atoms with Crippen LogP contribution in [0.25, 0.3) is 6.08 Å². The van der Waals surface area contributed by atoms with Crippen molar-refractivity contribution in [2.75, 3.05) is 52.3 Å². The highest BCUT2D eigenvalue weighted by atomic mass is 32.2. The maximum absolute atomic E-state index is 13.8. The Morgan fingerprint density at radius 3 is 2.46 bits per heavy atom. The van der Waals surface area contributed by atoms with Crippen LogP contribution in [-0.4, -0.2) is 88.1 Å². The smallest absolute Gasteiger partial charge is 0.247 e. The van der Waals surface area contributed by atoms with E-state index >= 15 is 0 Å². The van der Waals surface area contributed by atoms with Gasteiger partial charge in [0.05, 0.1) is 31.3 Å².